The maximum atomic E-state index is 10.9. The van der Waals surface area contributed by atoms with Crippen LogP contribution >= 0.6 is 11.3 Å². The van der Waals surface area contributed by atoms with Gasteiger partial charge in [-0.1, -0.05) is 6.07 Å². The van der Waals surface area contributed by atoms with Crippen molar-refractivity contribution in [2.45, 2.75) is 6.54 Å². The molecule has 8 heteroatoms. The number of benzene rings is 1. The first kappa shape index (κ1) is 11.6. The minimum absolute atomic E-state index is 0.0662. The van der Waals surface area contributed by atoms with Crippen LogP contribution in [0.5, 0.6) is 0 Å². The molecule has 0 spiro atoms. The van der Waals surface area contributed by atoms with Crippen LogP contribution in [0.1, 0.15) is 5.01 Å². The Kier molecular flexibility index (Phi) is 2.84. The van der Waals surface area contributed by atoms with Crippen molar-refractivity contribution in [1.29, 1.82) is 0 Å². The predicted octanol–water partition coefficient (Wildman–Crippen LogP) is 2.80. The van der Waals surface area contributed by atoms with E-state index in [9.17, 15) is 10.1 Å². The maximum absolute atomic E-state index is 10.9. The van der Waals surface area contributed by atoms with Crippen molar-refractivity contribution in [3.8, 4) is 0 Å². The average molecular weight is 276 g/mol. The highest BCUT2D eigenvalue weighted by Crippen LogP contribution is 2.27. The van der Waals surface area contributed by atoms with Crippen molar-refractivity contribution < 1.29 is 9.34 Å². The summed E-state index contributed by atoms with van der Waals surface area (Å²) in [4.78, 5) is 18.6. The maximum Gasteiger partial charge on any atom is 0.298 e. The molecule has 0 radical (unpaired) electrons. The Bertz CT molecular complexity index is 723. The summed E-state index contributed by atoms with van der Waals surface area (Å²) >= 11 is 1.51. The molecule has 1 N–H and O–H groups in total. The molecule has 0 saturated heterocycles. The fourth-order valence-electron chi connectivity index (χ4n) is 1.65. The third-order valence-corrected chi connectivity index (χ3v) is 3.25. The van der Waals surface area contributed by atoms with E-state index in [4.69, 9.17) is 4.42 Å². The van der Waals surface area contributed by atoms with E-state index in [-0.39, 0.29) is 17.2 Å². The summed E-state index contributed by atoms with van der Waals surface area (Å²) < 4.78 is 5.41. The summed E-state index contributed by atoms with van der Waals surface area (Å²) in [7, 11) is 0. The number of nitro groups is 1. The zero-order valence-electron chi connectivity index (χ0n) is 9.57. The monoisotopic (exact) mass is 276 g/mol. The molecule has 0 aliphatic rings. The molecule has 96 valence electrons. The highest BCUT2D eigenvalue weighted by Gasteiger charge is 2.17. The molecule has 0 saturated carbocycles. The lowest BCUT2D eigenvalue weighted by Gasteiger charge is -1.95. The third kappa shape index (κ3) is 2.25. The van der Waals surface area contributed by atoms with Gasteiger partial charge in [-0.25, -0.2) is 4.98 Å². The normalized spacial score (nSPS) is 10.7. The molecule has 0 aliphatic carbocycles. The number of hydrogen-bond acceptors (Lipinski definition) is 7. The zero-order valence-corrected chi connectivity index (χ0v) is 10.4. The van der Waals surface area contributed by atoms with Gasteiger partial charge in [-0.2, -0.15) is 4.98 Å². The van der Waals surface area contributed by atoms with Gasteiger partial charge < -0.3 is 9.73 Å². The number of hydrogen-bond donors (Lipinski definition) is 1. The number of non-ortho nitro benzene ring substituents is 1. The minimum atomic E-state index is -0.477. The van der Waals surface area contributed by atoms with E-state index in [1.165, 1.54) is 17.4 Å². The van der Waals surface area contributed by atoms with E-state index in [1.54, 1.807) is 18.3 Å². The Balaban J connectivity index is 1.89. The smallest absolute Gasteiger partial charge is 0.298 e. The summed E-state index contributed by atoms with van der Waals surface area (Å²) in [6, 6.07) is 4.86. The lowest BCUT2D eigenvalue weighted by atomic mass is 10.3. The lowest BCUT2D eigenvalue weighted by molar-refractivity contribution is -0.383. The highest BCUT2D eigenvalue weighted by molar-refractivity contribution is 7.09. The molecular formula is C11H8N4O3S. The fourth-order valence-corrected chi connectivity index (χ4v) is 2.20. The van der Waals surface area contributed by atoms with Gasteiger partial charge in [-0.3, -0.25) is 10.1 Å². The molecule has 0 aliphatic heterocycles. The topological polar surface area (TPSA) is 94.1 Å². The Morgan fingerprint density at radius 1 is 1.47 bits per heavy atom. The van der Waals surface area contributed by atoms with Crippen LogP contribution in [-0.2, 0) is 6.54 Å². The van der Waals surface area contributed by atoms with Crippen LogP contribution in [0.4, 0.5) is 11.7 Å². The number of rotatable bonds is 4. The SMILES string of the molecule is O=[N+]([O-])c1cccc2oc(NCc3nccs3)nc12. The van der Waals surface area contributed by atoms with Crippen LogP contribution in [0.3, 0.4) is 0 Å². The lowest BCUT2D eigenvalue weighted by Crippen LogP contribution is -1.98. The summed E-state index contributed by atoms with van der Waals surface area (Å²) in [5.41, 5.74) is 0.563. The first-order valence-electron chi connectivity index (χ1n) is 5.40. The van der Waals surface area contributed by atoms with Crippen molar-refractivity contribution in [2.24, 2.45) is 0 Å². The summed E-state index contributed by atoms with van der Waals surface area (Å²) in [5.74, 6) is 0. The van der Waals surface area contributed by atoms with E-state index >= 15 is 0 Å². The largest absolute Gasteiger partial charge is 0.423 e. The second-order valence-corrected chi connectivity index (χ2v) is 4.66. The number of thiazole rings is 1. The van der Waals surface area contributed by atoms with E-state index in [2.05, 4.69) is 15.3 Å². The number of aromatic nitrogens is 2. The second-order valence-electron chi connectivity index (χ2n) is 3.68. The van der Waals surface area contributed by atoms with Crippen LogP contribution in [0, 0.1) is 10.1 Å². The van der Waals surface area contributed by atoms with Gasteiger partial charge >= 0.3 is 0 Å². The van der Waals surface area contributed by atoms with Crippen molar-refractivity contribution in [3.63, 3.8) is 0 Å². The number of para-hydroxylation sites is 1. The van der Waals surface area contributed by atoms with Gasteiger partial charge in [-0.05, 0) is 6.07 Å². The van der Waals surface area contributed by atoms with Gasteiger partial charge in [0.25, 0.3) is 11.7 Å². The Labute approximate surface area is 111 Å². The number of nitrogens with one attached hydrogen (secondary N) is 1. The van der Waals surface area contributed by atoms with Crippen molar-refractivity contribution in [3.05, 3.63) is 44.9 Å². The highest BCUT2D eigenvalue weighted by atomic mass is 32.1. The van der Waals surface area contributed by atoms with E-state index in [0.29, 0.717) is 12.1 Å². The van der Waals surface area contributed by atoms with Crippen LogP contribution < -0.4 is 5.32 Å². The second kappa shape index (κ2) is 4.65. The Hall–Kier alpha value is -2.48. The molecule has 2 heterocycles. The summed E-state index contributed by atoms with van der Waals surface area (Å²) in [5, 5.41) is 16.6. The number of fused-ring (bicyclic) bond motifs is 1. The molecule has 0 fully saturated rings. The molecule has 0 unspecified atom stereocenters. The zero-order chi connectivity index (χ0) is 13.2. The van der Waals surface area contributed by atoms with Gasteiger partial charge in [0.15, 0.2) is 11.1 Å². The van der Waals surface area contributed by atoms with Crippen LogP contribution in [0.25, 0.3) is 11.1 Å². The third-order valence-electron chi connectivity index (χ3n) is 2.47. The molecule has 1 aromatic carbocycles. The summed E-state index contributed by atoms with van der Waals surface area (Å²) in [6.07, 6.45) is 1.71. The number of oxazole rings is 1. The number of anilines is 1. The van der Waals surface area contributed by atoms with Gasteiger partial charge in [0, 0.05) is 17.6 Å². The standard InChI is InChI=1S/C11H8N4O3S/c16-15(17)7-2-1-3-8-10(7)14-11(18-8)13-6-9-12-4-5-19-9/h1-5H,6H2,(H,13,14). The molecule has 3 rings (SSSR count). The van der Waals surface area contributed by atoms with Crippen molar-refractivity contribution in [2.75, 3.05) is 5.32 Å². The first-order chi connectivity index (χ1) is 9.24. The Morgan fingerprint density at radius 2 is 2.37 bits per heavy atom. The average Bonchev–Trinajstić information content (AvgIpc) is 3.04. The number of nitrogens with zero attached hydrogens (tertiary/aromatic N) is 3. The van der Waals surface area contributed by atoms with E-state index < -0.39 is 4.92 Å². The minimum Gasteiger partial charge on any atom is -0.423 e. The Morgan fingerprint density at radius 3 is 3.11 bits per heavy atom. The molecule has 2 aromatic heterocycles. The van der Waals surface area contributed by atoms with Gasteiger partial charge in [-0.15, -0.1) is 11.3 Å². The molecule has 0 bridgehead atoms. The van der Waals surface area contributed by atoms with Gasteiger partial charge in [0.2, 0.25) is 0 Å². The fraction of sp³-hybridized carbons (Fsp3) is 0.0909. The van der Waals surface area contributed by atoms with Crippen LogP contribution in [0.15, 0.2) is 34.2 Å². The molecule has 0 atom stereocenters. The van der Waals surface area contributed by atoms with Gasteiger partial charge in [0.05, 0.1) is 11.5 Å². The predicted molar refractivity (Wildman–Crippen MR) is 70.1 cm³/mol. The van der Waals surface area contributed by atoms with Crippen molar-refractivity contribution >= 4 is 34.1 Å². The molecule has 7 nitrogen and oxygen atoms in total. The van der Waals surface area contributed by atoms with Gasteiger partial charge in [0.1, 0.15) is 5.01 Å². The molecule has 19 heavy (non-hydrogen) atoms. The molecular weight excluding hydrogens is 268 g/mol. The van der Waals surface area contributed by atoms with E-state index in [1.807, 2.05) is 5.38 Å². The van der Waals surface area contributed by atoms with Crippen LogP contribution in [0.2, 0.25) is 0 Å². The van der Waals surface area contributed by atoms with Crippen molar-refractivity contribution in [1.82, 2.24) is 9.97 Å². The number of nitro benzene ring substituents is 1. The molecule has 0 amide bonds. The molecule has 3 aromatic rings. The quantitative estimate of drug-likeness (QED) is 0.581. The first-order valence-corrected chi connectivity index (χ1v) is 6.28. The van der Waals surface area contributed by atoms with Crippen LogP contribution in [-0.4, -0.2) is 14.9 Å². The summed E-state index contributed by atoms with van der Waals surface area (Å²) in [6.45, 7) is 0.471. The van der Waals surface area contributed by atoms with E-state index in [0.717, 1.165) is 5.01 Å².